The lowest BCUT2D eigenvalue weighted by atomic mass is 10.0. The summed E-state index contributed by atoms with van der Waals surface area (Å²) in [6, 6.07) is 4.42. The number of benzene rings is 1. The van der Waals surface area contributed by atoms with Crippen LogP contribution in [0.25, 0.3) is 0 Å². The molecule has 1 unspecified atom stereocenters. The zero-order valence-corrected chi connectivity index (χ0v) is 20.1. The van der Waals surface area contributed by atoms with E-state index >= 15 is 0 Å². The van der Waals surface area contributed by atoms with Crippen molar-refractivity contribution >= 4 is 57.9 Å². The number of imide groups is 1. The monoisotopic (exact) mass is 497 g/mol. The molecule has 2 heterocycles. The lowest BCUT2D eigenvalue weighted by Crippen LogP contribution is -2.40. The van der Waals surface area contributed by atoms with Gasteiger partial charge in [-0.2, -0.15) is 0 Å². The van der Waals surface area contributed by atoms with Crippen LogP contribution in [0.4, 0.5) is 4.79 Å². The van der Waals surface area contributed by atoms with Crippen LogP contribution in [0.2, 0.25) is 10.0 Å². The van der Waals surface area contributed by atoms with Crippen molar-refractivity contribution in [3.8, 4) is 0 Å². The molecule has 2 fully saturated rings. The van der Waals surface area contributed by atoms with Crippen molar-refractivity contribution in [2.24, 2.45) is 5.73 Å². The number of hydrogen-bond donors (Lipinski definition) is 1. The van der Waals surface area contributed by atoms with E-state index in [2.05, 4.69) is 0 Å². The fourth-order valence-electron chi connectivity index (χ4n) is 3.99. The minimum Gasteiger partial charge on any atom is -0.370 e. The quantitative estimate of drug-likeness (QED) is 0.554. The molecule has 1 aromatic carbocycles. The third kappa shape index (κ3) is 5.47. The SMILES string of the molecule is CCCC(CCC(N)=O)N1C(=O)SC(=C2CCN(C(=O)c3cc(Cl)ccc3Cl)CC2)C1=O. The van der Waals surface area contributed by atoms with Crippen LogP contribution in [0.15, 0.2) is 28.7 Å². The van der Waals surface area contributed by atoms with Crippen LogP contribution in [0.3, 0.4) is 0 Å². The molecule has 4 amide bonds. The number of likely N-dealkylation sites (tertiary alicyclic amines) is 1. The normalized spacial score (nSPS) is 17.8. The van der Waals surface area contributed by atoms with Gasteiger partial charge in [0.15, 0.2) is 0 Å². The highest BCUT2D eigenvalue weighted by atomic mass is 35.5. The van der Waals surface area contributed by atoms with Crippen LogP contribution in [-0.4, -0.2) is 51.9 Å². The van der Waals surface area contributed by atoms with Gasteiger partial charge in [-0.15, -0.1) is 0 Å². The van der Waals surface area contributed by atoms with Crippen LogP contribution in [0, 0.1) is 0 Å². The smallest absolute Gasteiger partial charge is 0.293 e. The van der Waals surface area contributed by atoms with Gasteiger partial charge in [-0.3, -0.25) is 24.1 Å². The first-order chi connectivity index (χ1) is 15.2. The van der Waals surface area contributed by atoms with Gasteiger partial charge in [0.05, 0.1) is 15.5 Å². The Balaban J connectivity index is 1.71. The second kappa shape index (κ2) is 10.7. The maximum Gasteiger partial charge on any atom is 0.293 e. The Morgan fingerprint density at radius 1 is 1.16 bits per heavy atom. The van der Waals surface area contributed by atoms with Gasteiger partial charge in [0, 0.05) is 30.6 Å². The van der Waals surface area contributed by atoms with Gasteiger partial charge < -0.3 is 10.6 Å². The van der Waals surface area contributed by atoms with E-state index in [4.69, 9.17) is 28.9 Å². The summed E-state index contributed by atoms with van der Waals surface area (Å²) in [5.74, 6) is -0.969. The maximum absolute atomic E-state index is 13.1. The summed E-state index contributed by atoms with van der Waals surface area (Å²) in [6.07, 6.45) is 2.89. The molecule has 10 heteroatoms. The first-order valence-electron chi connectivity index (χ1n) is 10.5. The number of halogens is 2. The molecule has 2 saturated heterocycles. The van der Waals surface area contributed by atoms with E-state index in [1.165, 1.54) is 4.90 Å². The van der Waals surface area contributed by atoms with Gasteiger partial charge in [0.1, 0.15) is 0 Å². The molecule has 2 aliphatic rings. The van der Waals surface area contributed by atoms with Crippen molar-refractivity contribution in [2.45, 2.75) is 51.5 Å². The third-order valence-corrected chi connectivity index (χ3v) is 7.25. The Kier molecular flexibility index (Phi) is 8.25. The summed E-state index contributed by atoms with van der Waals surface area (Å²) >= 11 is 13.1. The standard InChI is InChI=1S/C22H25Cl2N3O4S/c1-2-3-15(5-7-18(25)28)27-21(30)19(32-22(27)31)13-8-10-26(11-9-13)20(29)16-12-14(23)4-6-17(16)24/h4,6,12,15H,2-3,5,7-11H2,1H3,(H2,25,28). The Bertz CT molecular complexity index is 972. The van der Waals surface area contributed by atoms with E-state index < -0.39 is 5.91 Å². The predicted octanol–water partition coefficient (Wildman–Crippen LogP) is 4.61. The number of hydrogen-bond acceptors (Lipinski definition) is 5. The average Bonchev–Trinajstić information content (AvgIpc) is 3.06. The number of piperidine rings is 1. The van der Waals surface area contributed by atoms with E-state index in [0.29, 0.717) is 59.3 Å². The number of amides is 4. The minimum absolute atomic E-state index is 0.126. The Morgan fingerprint density at radius 2 is 1.84 bits per heavy atom. The zero-order chi connectivity index (χ0) is 23.4. The zero-order valence-electron chi connectivity index (χ0n) is 17.7. The molecular formula is C22H25Cl2N3O4S. The molecule has 7 nitrogen and oxygen atoms in total. The second-order valence-electron chi connectivity index (χ2n) is 7.84. The Hall–Kier alpha value is -2.03. The molecule has 0 aromatic heterocycles. The predicted molar refractivity (Wildman–Crippen MR) is 126 cm³/mol. The van der Waals surface area contributed by atoms with Gasteiger partial charge in [0.25, 0.3) is 17.1 Å². The first kappa shape index (κ1) is 24.6. The van der Waals surface area contributed by atoms with Crippen LogP contribution in [0.5, 0.6) is 0 Å². The Labute approximate surface area is 201 Å². The number of rotatable bonds is 7. The number of thioether (sulfide) groups is 1. The fraction of sp³-hybridized carbons (Fsp3) is 0.455. The summed E-state index contributed by atoms with van der Waals surface area (Å²) in [5, 5.41) is 0.455. The van der Waals surface area contributed by atoms with Gasteiger partial charge in [-0.25, -0.2) is 0 Å². The van der Waals surface area contributed by atoms with Crippen LogP contribution >= 0.6 is 35.0 Å². The summed E-state index contributed by atoms with van der Waals surface area (Å²) in [5.41, 5.74) is 6.48. The van der Waals surface area contributed by atoms with Gasteiger partial charge >= 0.3 is 0 Å². The second-order valence-corrected chi connectivity index (χ2v) is 9.64. The van der Waals surface area contributed by atoms with Crippen molar-refractivity contribution in [1.29, 1.82) is 0 Å². The van der Waals surface area contributed by atoms with Gasteiger partial charge in [-0.1, -0.05) is 36.5 Å². The highest BCUT2D eigenvalue weighted by Crippen LogP contribution is 2.39. The van der Waals surface area contributed by atoms with E-state index in [9.17, 15) is 19.2 Å². The highest BCUT2D eigenvalue weighted by molar-refractivity contribution is 8.18. The summed E-state index contributed by atoms with van der Waals surface area (Å²) in [7, 11) is 0. The summed E-state index contributed by atoms with van der Waals surface area (Å²) in [6.45, 7) is 2.80. The minimum atomic E-state index is -0.451. The maximum atomic E-state index is 13.1. The Morgan fingerprint density at radius 3 is 2.47 bits per heavy atom. The van der Waals surface area contributed by atoms with Crippen LogP contribution < -0.4 is 5.73 Å². The van der Waals surface area contributed by atoms with E-state index in [1.54, 1.807) is 23.1 Å². The number of carbonyl (C=O) groups is 4. The van der Waals surface area contributed by atoms with Gasteiger partial charge in [-0.05, 0) is 61.2 Å². The van der Waals surface area contributed by atoms with Crippen molar-refractivity contribution in [1.82, 2.24) is 9.80 Å². The lowest BCUT2D eigenvalue weighted by Gasteiger charge is -2.29. The molecule has 0 saturated carbocycles. The molecule has 0 spiro atoms. The number of nitrogens with two attached hydrogens (primary N) is 1. The van der Waals surface area contributed by atoms with Crippen LogP contribution in [0.1, 0.15) is 55.8 Å². The number of primary amides is 1. The number of carbonyl (C=O) groups excluding carboxylic acids is 4. The summed E-state index contributed by atoms with van der Waals surface area (Å²) in [4.78, 5) is 53.2. The van der Waals surface area contributed by atoms with Crippen LogP contribution in [-0.2, 0) is 9.59 Å². The van der Waals surface area contributed by atoms with E-state index in [-0.39, 0.29) is 29.5 Å². The number of nitrogens with zero attached hydrogens (tertiary/aromatic N) is 2. The van der Waals surface area contributed by atoms with E-state index in [0.717, 1.165) is 23.8 Å². The third-order valence-electron chi connectivity index (χ3n) is 5.64. The molecule has 0 bridgehead atoms. The van der Waals surface area contributed by atoms with E-state index in [1.807, 2.05) is 6.92 Å². The molecule has 1 atom stereocenters. The van der Waals surface area contributed by atoms with Crippen molar-refractivity contribution in [2.75, 3.05) is 13.1 Å². The first-order valence-corrected chi connectivity index (χ1v) is 12.1. The molecule has 3 rings (SSSR count). The lowest BCUT2D eigenvalue weighted by molar-refractivity contribution is -0.125. The van der Waals surface area contributed by atoms with Crippen molar-refractivity contribution in [3.05, 3.63) is 44.3 Å². The molecule has 0 radical (unpaired) electrons. The summed E-state index contributed by atoms with van der Waals surface area (Å²) < 4.78 is 0. The van der Waals surface area contributed by atoms with Crippen molar-refractivity contribution in [3.63, 3.8) is 0 Å². The average molecular weight is 498 g/mol. The molecule has 2 N–H and O–H groups in total. The molecule has 172 valence electrons. The molecule has 1 aromatic rings. The fourth-order valence-corrected chi connectivity index (χ4v) is 5.40. The molecule has 2 aliphatic heterocycles. The van der Waals surface area contributed by atoms with Gasteiger partial charge in [0.2, 0.25) is 5.91 Å². The molecule has 0 aliphatic carbocycles. The molecular weight excluding hydrogens is 473 g/mol. The van der Waals surface area contributed by atoms with Crippen molar-refractivity contribution < 1.29 is 19.2 Å². The molecule has 32 heavy (non-hydrogen) atoms. The topological polar surface area (TPSA) is 101 Å². The largest absolute Gasteiger partial charge is 0.370 e. The highest BCUT2D eigenvalue weighted by Gasteiger charge is 2.41.